The van der Waals surface area contributed by atoms with Gasteiger partial charge in [-0.3, -0.25) is 0 Å². The van der Waals surface area contributed by atoms with E-state index in [-0.39, 0.29) is 10.4 Å². The average molecular weight is 328 g/mol. The van der Waals surface area contributed by atoms with Crippen molar-refractivity contribution in [3.05, 3.63) is 43.8 Å². The van der Waals surface area contributed by atoms with Gasteiger partial charge in [-0.05, 0) is 23.7 Å². The van der Waals surface area contributed by atoms with Gasteiger partial charge >= 0.3 is 0 Å². The van der Waals surface area contributed by atoms with Crippen LogP contribution >= 0.6 is 58.0 Å². The van der Waals surface area contributed by atoms with Gasteiger partial charge in [0.05, 0.1) is 15.1 Å². The molecule has 7 heteroatoms. The molecule has 0 amide bonds. The fraction of sp³-hybridized carbons (Fsp3) is 0. The third-order valence-electron chi connectivity index (χ3n) is 2.01. The molecule has 0 aliphatic carbocycles. The molecule has 0 radical (unpaired) electrons. The second-order valence-electron chi connectivity index (χ2n) is 3.09. The standard InChI is InChI=1S/C10H3Cl5N2/c11-6-2-8(13)7(12)1-4(6)5-3-16-10(15)17-9(5)14/h1-3H. The van der Waals surface area contributed by atoms with Crippen molar-refractivity contribution in [2.24, 2.45) is 0 Å². The minimum Gasteiger partial charge on any atom is -0.226 e. The number of hydrogen-bond donors (Lipinski definition) is 0. The highest BCUT2D eigenvalue weighted by atomic mass is 35.5. The molecule has 0 atom stereocenters. The van der Waals surface area contributed by atoms with Crippen LogP contribution in [0.3, 0.4) is 0 Å². The van der Waals surface area contributed by atoms with Gasteiger partial charge < -0.3 is 0 Å². The predicted octanol–water partition coefficient (Wildman–Crippen LogP) is 5.41. The lowest BCUT2D eigenvalue weighted by Crippen LogP contribution is -1.89. The molecule has 0 fully saturated rings. The van der Waals surface area contributed by atoms with Crippen molar-refractivity contribution in [1.82, 2.24) is 9.97 Å². The monoisotopic (exact) mass is 326 g/mol. The van der Waals surface area contributed by atoms with E-state index in [1.807, 2.05) is 0 Å². The molecule has 1 aromatic heterocycles. The van der Waals surface area contributed by atoms with Gasteiger partial charge in [0.2, 0.25) is 5.28 Å². The summed E-state index contributed by atoms with van der Waals surface area (Å²) in [7, 11) is 0. The maximum absolute atomic E-state index is 6.06. The van der Waals surface area contributed by atoms with Crippen molar-refractivity contribution in [2.75, 3.05) is 0 Å². The Bertz CT molecular complexity index is 585. The lowest BCUT2D eigenvalue weighted by molar-refractivity contribution is 1.17. The summed E-state index contributed by atoms with van der Waals surface area (Å²) >= 11 is 29.4. The number of rotatable bonds is 1. The molecule has 88 valence electrons. The molecule has 0 saturated heterocycles. The maximum atomic E-state index is 6.06. The van der Waals surface area contributed by atoms with Crippen LogP contribution in [0.15, 0.2) is 18.3 Å². The Morgan fingerprint density at radius 3 is 2.06 bits per heavy atom. The van der Waals surface area contributed by atoms with Crippen LogP contribution in [0.2, 0.25) is 25.5 Å². The zero-order chi connectivity index (χ0) is 12.6. The lowest BCUT2D eigenvalue weighted by atomic mass is 10.1. The first-order valence-electron chi connectivity index (χ1n) is 4.32. The highest BCUT2D eigenvalue weighted by Crippen LogP contribution is 2.37. The number of nitrogens with zero attached hydrogens (tertiary/aromatic N) is 2. The summed E-state index contributed by atoms with van der Waals surface area (Å²) in [5.41, 5.74) is 1.14. The molecule has 2 aromatic rings. The summed E-state index contributed by atoms with van der Waals surface area (Å²) in [6, 6.07) is 3.14. The Labute approximate surface area is 122 Å². The van der Waals surface area contributed by atoms with Crippen LogP contribution in [0, 0.1) is 0 Å². The number of halogens is 5. The molecule has 0 saturated carbocycles. The molecule has 17 heavy (non-hydrogen) atoms. The van der Waals surface area contributed by atoms with E-state index in [0.29, 0.717) is 26.2 Å². The number of benzene rings is 1. The number of aromatic nitrogens is 2. The Hall–Kier alpha value is -0.250. The fourth-order valence-corrected chi connectivity index (χ4v) is 2.31. The first-order valence-corrected chi connectivity index (χ1v) is 6.21. The molecule has 0 bridgehead atoms. The number of hydrogen-bond acceptors (Lipinski definition) is 2. The maximum Gasteiger partial charge on any atom is 0.223 e. The molecule has 2 rings (SSSR count). The van der Waals surface area contributed by atoms with E-state index in [1.54, 1.807) is 6.07 Å². The Morgan fingerprint density at radius 2 is 1.41 bits per heavy atom. The molecular weight excluding hydrogens is 325 g/mol. The smallest absolute Gasteiger partial charge is 0.223 e. The minimum absolute atomic E-state index is 0.0648. The van der Waals surface area contributed by atoms with E-state index in [0.717, 1.165) is 0 Å². The van der Waals surface area contributed by atoms with Gasteiger partial charge in [0, 0.05) is 17.3 Å². The zero-order valence-electron chi connectivity index (χ0n) is 8.02. The molecule has 2 nitrogen and oxygen atoms in total. The summed E-state index contributed by atoms with van der Waals surface area (Å²) in [4.78, 5) is 7.67. The van der Waals surface area contributed by atoms with E-state index in [4.69, 9.17) is 58.0 Å². The van der Waals surface area contributed by atoms with Crippen LogP contribution < -0.4 is 0 Å². The Morgan fingerprint density at radius 1 is 0.765 bits per heavy atom. The van der Waals surface area contributed by atoms with Crippen LogP contribution in [0.5, 0.6) is 0 Å². The highest BCUT2D eigenvalue weighted by Gasteiger charge is 2.12. The van der Waals surface area contributed by atoms with Gasteiger partial charge in [-0.1, -0.05) is 46.4 Å². The predicted molar refractivity (Wildman–Crippen MR) is 72.5 cm³/mol. The van der Waals surface area contributed by atoms with Crippen molar-refractivity contribution >= 4 is 58.0 Å². The van der Waals surface area contributed by atoms with Crippen LogP contribution in [0.4, 0.5) is 0 Å². The lowest BCUT2D eigenvalue weighted by Gasteiger charge is -2.07. The van der Waals surface area contributed by atoms with Gasteiger partial charge in [-0.15, -0.1) is 0 Å². The summed E-state index contributed by atoms with van der Waals surface area (Å²) < 4.78 is 0. The second kappa shape index (κ2) is 5.17. The normalized spacial score (nSPS) is 10.6. The van der Waals surface area contributed by atoms with Crippen LogP contribution in [0.1, 0.15) is 0 Å². The molecule has 1 aromatic carbocycles. The summed E-state index contributed by atoms with van der Waals surface area (Å²) in [6.07, 6.45) is 1.48. The zero-order valence-corrected chi connectivity index (χ0v) is 11.8. The van der Waals surface area contributed by atoms with Crippen molar-refractivity contribution < 1.29 is 0 Å². The molecule has 0 aliphatic heterocycles. The molecule has 0 unspecified atom stereocenters. The fourth-order valence-electron chi connectivity index (χ4n) is 1.25. The van der Waals surface area contributed by atoms with Crippen LogP contribution in [-0.2, 0) is 0 Å². The molecule has 1 heterocycles. The van der Waals surface area contributed by atoms with E-state index >= 15 is 0 Å². The third-order valence-corrected chi connectivity index (χ3v) is 3.52. The van der Waals surface area contributed by atoms with Crippen molar-refractivity contribution in [2.45, 2.75) is 0 Å². The Balaban J connectivity index is 2.64. The van der Waals surface area contributed by atoms with Crippen molar-refractivity contribution in [3.8, 4) is 11.1 Å². The van der Waals surface area contributed by atoms with Gasteiger partial charge in [-0.25, -0.2) is 9.97 Å². The Kier molecular flexibility index (Phi) is 4.01. The van der Waals surface area contributed by atoms with Gasteiger partial charge in [0.25, 0.3) is 0 Å². The third kappa shape index (κ3) is 2.78. The van der Waals surface area contributed by atoms with Crippen molar-refractivity contribution in [1.29, 1.82) is 0 Å². The van der Waals surface area contributed by atoms with Gasteiger partial charge in [0.15, 0.2) is 0 Å². The first kappa shape index (κ1) is 13.2. The summed E-state index contributed by atoms with van der Waals surface area (Å²) in [5.74, 6) is 0. The summed E-state index contributed by atoms with van der Waals surface area (Å²) in [5, 5.41) is 1.41. The van der Waals surface area contributed by atoms with E-state index < -0.39 is 0 Å². The molecule has 0 spiro atoms. The summed E-state index contributed by atoms with van der Waals surface area (Å²) in [6.45, 7) is 0. The van der Waals surface area contributed by atoms with E-state index in [1.165, 1.54) is 12.3 Å². The highest BCUT2D eigenvalue weighted by molar-refractivity contribution is 6.44. The molecule has 0 N–H and O–H groups in total. The van der Waals surface area contributed by atoms with Crippen LogP contribution in [0.25, 0.3) is 11.1 Å². The van der Waals surface area contributed by atoms with E-state index in [2.05, 4.69) is 9.97 Å². The first-order chi connectivity index (χ1) is 7.99. The second-order valence-corrected chi connectivity index (χ2v) is 5.01. The topological polar surface area (TPSA) is 25.8 Å². The average Bonchev–Trinajstić information content (AvgIpc) is 2.24. The molecular formula is C10H3Cl5N2. The minimum atomic E-state index is 0.0648. The van der Waals surface area contributed by atoms with Crippen molar-refractivity contribution in [3.63, 3.8) is 0 Å². The van der Waals surface area contributed by atoms with Gasteiger partial charge in [-0.2, -0.15) is 0 Å². The SMILES string of the molecule is Clc1ncc(-c2cc(Cl)c(Cl)cc2Cl)c(Cl)n1. The quantitative estimate of drug-likeness (QED) is 0.397. The van der Waals surface area contributed by atoms with Gasteiger partial charge in [0.1, 0.15) is 5.15 Å². The molecule has 0 aliphatic rings. The van der Waals surface area contributed by atoms with Crippen LogP contribution in [-0.4, -0.2) is 9.97 Å². The largest absolute Gasteiger partial charge is 0.226 e. The van der Waals surface area contributed by atoms with E-state index in [9.17, 15) is 0 Å².